The molecule has 0 saturated heterocycles. The zero-order valence-corrected chi connectivity index (χ0v) is 16.5. The highest BCUT2D eigenvalue weighted by Crippen LogP contribution is 2.23. The van der Waals surface area contributed by atoms with Crippen LogP contribution in [0.1, 0.15) is 47.1 Å². The molecule has 0 radical (unpaired) electrons. The molecule has 0 aliphatic heterocycles. The quantitative estimate of drug-likeness (QED) is 0.764. The summed E-state index contributed by atoms with van der Waals surface area (Å²) in [5.74, 6) is -0.587. The number of hydrogen-bond acceptors (Lipinski definition) is 5. The van der Waals surface area contributed by atoms with Crippen LogP contribution < -0.4 is 0 Å². The summed E-state index contributed by atoms with van der Waals surface area (Å²) in [4.78, 5) is 24.6. The van der Waals surface area contributed by atoms with E-state index in [9.17, 15) is 18.0 Å². The maximum absolute atomic E-state index is 13.1. The largest absolute Gasteiger partial charge is 0.444 e. The molecule has 0 saturated carbocycles. The number of carbonyl (C=O) groups excluding carboxylic acids is 2. The van der Waals surface area contributed by atoms with Crippen LogP contribution in [-0.4, -0.2) is 41.5 Å². The van der Waals surface area contributed by atoms with Crippen LogP contribution in [0.25, 0.3) is 0 Å². The lowest BCUT2D eigenvalue weighted by atomic mass is 10.2. The predicted octanol–water partition coefficient (Wildman–Crippen LogP) is 3.09. The molecule has 1 aromatic carbocycles. The van der Waals surface area contributed by atoms with E-state index in [2.05, 4.69) is 0 Å². The molecular weight excluding hydrogens is 344 g/mol. The minimum atomic E-state index is -4.31. The SMILES string of the molecule is CC(=O)N(C(C)C)N(C(=O)OC(C)(C)C)S(=O)(=O)c1ccc(C)cc1. The van der Waals surface area contributed by atoms with E-state index in [0.717, 1.165) is 10.6 Å². The number of rotatable bonds is 3. The lowest BCUT2D eigenvalue weighted by Crippen LogP contribution is -2.55. The number of carbonyl (C=O) groups is 2. The van der Waals surface area contributed by atoms with Crippen molar-refractivity contribution in [2.75, 3.05) is 0 Å². The van der Waals surface area contributed by atoms with E-state index in [0.29, 0.717) is 4.41 Å². The zero-order chi connectivity index (χ0) is 19.6. The normalized spacial score (nSPS) is 12.0. The maximum Gasteiger partial charge on any atom is 0.444 e. The summed E-state index contributed by atoms with van der Waals surface area (Å²) >= 11 is 0. The standard InChI is InChI=1S/C17H26N2O5S/c1-12(2)18(14(4)20)19(16(21)24-17(5,6)7)25(22,23)15-10-8-13(3)9-11-15/h8-12H,1-7H3. The maximum atomic E-state index is 13.1. The van der Waals surface area contributed by atoms with E-state index < -0.39 is 33.7 Å². The number of sulfonamides is 1. The Morgan fingerprint density at radius 2 is 1.56 bits per heavy atom. The summed E-state index contributed by atoms with van der Waals surface area (Å²) < 4.78 is 31.7. The Hall–Kier alpha value is -2.09. The van der Waals surface area contributed by atoms with Gasteiger partial charge in [0.25, 0.3) is 10.0 Å². The van der Waals surface area contributed by atoms with E-state index in [1.807, 2.05) is 6.92 Å². The van der Waals surface area contributed by atoms with Gasteiger partial charge in [-0.15, -0.1) is 0 Å². The molecule has 7 nitrogen and oxygen atoms in total. The monoisotopic (exact) mass is 370 g/mol. The zero-order valence-electron chi connectivity index (χ0n) is 15.7. The lowest BCUT2D eigenvalue weighted by Gasteiger charge is -2.36. The molecule has 0 heterocycles. The van der Waals surface area contributed by atoms with Gasteiger partial charge < -0.3 is 4.74 Å². The van der Waals surface area contributed by atoms with E-state index >= 15 is 0 Å². The molecule has 0 aromatic heterocycles. The highest BCUT2D eigenvalue weighted by atomic mass is 32.2. The molecule has 0 fully saturated rings. The Bertz CT molecular complexity index is 733. The highest BCUT2D eigenvalue weighted by molar-refractivity contribution is 7.89. The first-order valence-corrected chi connectivity index (χ1v) is 9.36. The van der Waals surface area contributed by atoms with Crippen molar-refractivity contribution in [2.24, 2.45) is 0 Å². The van der Waals surface area contributed by atoms with E-state index in [4.69, 9.17) is 4.74 Å². The molecule has 0 bridgehead atoms. The molecule has 0 unspecified atom stereocenters. The molecule has 8 heteroatoms. The molecule has 1 rings (SSSR count). The van der Waals surface area contributed by atoms with Crippen LogP contribution in [0.3, 0.4) is 0 Å². The fraction of sp³-hybridized carbons (Fsp3) is 0.529. The van der Waals surface area contributed by atoms with Gasteiger partial charge in [-0.25, -0.2) is 9.80 Å². The molecule has 0 atom stereocenters. The molecule has 140 valence electrons. The Morgan fingerprint density at radius 3 is 1.92 bits per heavy atom. The first-order valence-electron chi connectivity index (χ1n) is 7.92. The van der Waals surface area contributed by atoms with Crippen molar-refractivity contribution in [3.63, 3.8) is 0 Å². The fourth-order valence-electron chi connectivity index (χ4n) is 2.11. The van der Waals surface area contributed by atoms with Crippen LogP contribution in [0.2, 0.25) is 0 Å². The van der Waals surface area contributed by atoms with Crippen molar-refractivity contribution in [3.8, 4) is 0 Å². The highest BCUT2D eigenvalue weighted by Gasteiger charge is 2.40. The summed E-state index contributed by atoms with van der Waals surface area (Å²) in [6, 6.07) is 5.45. The molecular formula is C17H26N2O5S. The molecule has 25 heavy (non-hydrogen) atoms. The Morgan fingerprint density at radius 1 is 1.08 bits per heavy atom. The smallest absolute Gasteiger partial charge is 0.442 e. The van der Waals surface area contributed by atoms with Gasteiger partial charge >= 0.3 is 6.09 Å². The second kappa shape index (κ2) is 7.43. The van der Waals surface area contributed by atoms with Gasteiger partial charge in [0.05, 0.1) is 4.90 Å². The average Bonchev–Trinajstić information content (AvgIpc) is 2.41. The van der Waals surface area contributed by atoms with Crippen molar-refractivity contribution >= 4 is 22.0 Å². The van der Waals surface area contributed by atoms with E-state index in [1.54, 1.807) is 46.8 Å². The molecule has 0 aliphatic carbocycles. The minimum absolute atomic E-state index is 0.101. The number of nitrogens with zero attached hydrogens (tertiary/aromatic N) is 2. The van der Waals surface area contributed by atoms with Crippen LogP contribution in [0, 0.1) is 6.92 Å². The van der Waals surface area contributed by atoms with Crippen LogP contribution >= 0.6 is 0 Å². The van der Waals surface area contributed by atoms with Crippen LogP contribution in [-0.2, 0) is 19.6 Å². The molecule has 0 spiro atoms. The molecule has 0 aliphatic rings. The molecule has 1 aromatic rings. The summed E-state index contributed by atoms with van der Waals surface area (Å²) in [6.07, 6.45) is -1.13. The summed E-state index contributed by atoms with van der Waals surface area (Å²) in [7, 11) is -4.31. The van der Waals surface area contributed by atoms with Crippen molar-refractivity contribution < 1.29 is 22.7 Å². The van der Waals surface area contributed by atoms with Gasteiger partial charge in [-0.2, -0.15) is 8.42 Å². The Kier molecular flexibility index (Phi) is 6.23. The number of ether oxygens (including phenoxy) is 1. The first kappa shape index (κ1) is 21.0. The Labute approximate surface area is 149 Å². The van der Waals surface area contributed by atoms with Crippen molar-refractivity contribution in [3.05, 3.63) is 29.8 Å². The number of hydrazine groups is 1. The van der Waals surface area contributed by atoms with Gasteiger partial charge in [0, 0.05) is 13.0 Å². The van der Waals surface area contributed by atoms with Crippen LogP contribution in [0.5, 0.6) is 0 Å². The fourth-order valence-corrected chi connectivity index (χ4v) is 3.56. The van der Waals surface area contributed by atoms with Crippen LogP contribution in [0.4, 0.5) is 4.79 Å². The second-order valence-electron chi connectivity index (χ2n) is 7.00. The number of benzene rings is 1. The summed E-state index contributed by atoms with van der Waals surface area (Å²) in [6.45, 7) is 11.1. The van der Waals surface area contributed by atoms with E-state index in [1.165, 1.54) is 19.1 Å². The van der Waals surface area contributed by atoms with Gasteiger partial charge in [0.2, 0.25) is 5.91 Å². The van der Waals surface area contributed by atoms with Crippen molar-refractivity contribution in [1.82, 2.24) is 9.42 Å². The van der Waals surface area contributed by atoms with Crippen LogP contribution in [0.15, 0.2) is 29.2 Å². The summed E-state index contributed by atoms with van der Waals surface area (Å²) in [5, 5.41) is 0.878. The summed E-state index contributed by atoms with van der Waals surface area (Å²) in [5.41, 5.74) is -0.0487. The van der Waals surface area contributed by atoms with Gasteiger partial charge in [-0.1, -0.05) is 22.1 Å². The van der Waals surface area contributed by atoms with Gasteiger partial charge in [-0.3, -0.25) is 4.79 Å². The van der Waals surface area contributed by atoms with Gasteiger partial charge in [0.15, 0.2) is 0 Å². The topological polar surface area (TPSA) is 84.0 Å². The van der Waals surface area contributed by atoms with Crippen molar-refractivity contribution in [2.45, 2.75) is 65.0 Å². The lowest BCUT2D eigenvalue weighted by molar-refractivity contribution is -0.141. The third-order valence-electron chi connectivity index (χ3n) is 3.10. The van der Waals surface area contributed by atoms with Gasteiger partial charge in [0.1, 0.15) is 5.60 Å². The number of aryl methyl sites for hydroxylation is 1. The van der Waals surface area contributed by atoms with Crippen molar-refractivity contribution in [1.29, 1.82) is 0 Å². The molecule has 0 N–H and O–H groups in total. The number of amides is 2. The van der Waals surface area contributed by atoms with Gasteiger partial charge in [-0.05, 0) is 53.7 Å². The second-order valence-corrected chi connectivity index (χ2v) is 8.77. The third kappa shape index (κ3) is 5.19. The first-order chi connectivity index (χ1) is 11.3. The molecule has 2 amide bonds. The predicted molar refractivity (Wildman–Crippen MR) is 94.1 cm³/mol. The number of hydrogen-bond donors (Lipinski definition) is 0. The average molecular weight is 370 g/mol. The Balaban J connectivity index is 3.51. The van der Waals surface area contributed by atoms with E-state index in [-0.39, 0.29) is 4.90 Å². The minimum Gasteiger partial charge on any atom is -0.442 e. The third-order valence-corrected chi connectivity index (χ3v) is 4.75.